The van der Waals surface area contributed by atoms with Gasteiger partial charge in [0.25, 0.3) is 0 Å². The first-order valence-corrected chi connectivity index (χ1v) is 10.4. The number of nitrogens with zero attached hydrogens (tertiary/aromatic N) is 2. The van der Waals surface area contributed by atoms with Gasteiger partial charge in [0.05, 0.1) is 0 Å². The summed E-state index contributed by atoms with van der Waals surface area (Å²) in [7, 11) is 0. The molecule has 1 saturated heterocycles. The van der Waals surface area contributed by atoms with E-state index < -0.39 is 0 Å². The summed E-state index contributed by atoms with van der Waals surface area (Å²) in [6, 6.07) is -0.360. The summed E-state index contributed by atoms with van der Waals surface area (Å²) in [4.78, 5) is 32.1. The van der Waals surface area contributed by atoms with Crippen LogP contribution >= 0.6 is 11.8 Å². The number of aliphatic imine (C=N–C) groups is 1. The first kappa shape index (κ1) is 18.5. The molecule has 3 aliphatic rings. The number of amidine groups is 1. The molecule has 2 heterocycles. The fourth-order valence-corrected chi connectivity index (χ4v) is 4.16. The van der Waals surface area contributed by atoms with Crippen LogP contribution in [0.15, 0.2) is 4.99 Å². The van der Waals surface area contributed by atoms with Crippen LogP contribution in [-0.2, 0) is 9.59 Å². The number of carbonyl (C=O) groups is 2. The Hall–Kier alpha value is -1.24. The molecule has 2 atom stereocenters. The van der Waals surface area contributed by atoms with Crippen LogP contribution in [0.5, 0.6) is 0 Å². The molecule has 7 heteroatoms. The molecule has 0 spiro atoms. The van der Waals surface area contributed by atoms with Gasteiger partial charge >= 0.3 is 0 Å². The summed E-state index contributed by atoms with van der Waals surface area (Å²) in [5.41, 5.74) is -0.252. The lowest BCUT2D eigenvalue weighted by Gasteiger charge is -2.36. The molecule has 2 aliphatic heterocycles. The summed E-state index contributed by atoms with van der Waals surface area (Å²) < 4.78 is 0. The van der Waals surface area contributed by atoms with E-state index in [0.29, 0.717) is 12.6 Å². The van der Waals surface area contributed by atoms with Gasteiger partial charge in [-0.15, -0.1) is 0 Å². The van der Waals surface area contributed by atoms with Gasteiger partial charge in [0.15, 0.2) is 5.17 Å². The number of amides is 2. The first-order valence-electron chi connectivity index (χ1n) is 9.41. The molecular weight excluding hydrogens is 336 g/mol. The van der Waals surface area contributed by atoms with E-state index in [2.05, 4.69) is 36.4 Å². The highest BCUT2D eigenvalue weighted by Gasteiger charge is 2.42. The molecule has 2 amide bonds. The average Bonchev–Trinajstić information content (AvgIpc) is 3.24. The van der Waals surface area contributed by atoms with E-state index in [9.17, 15) is 9.59 Å². The zero-order chi connectivity index (χ0) is 18.0. The molecule has 3 rings (SSSR count). The Morgan fingerprint density at radius 3 is 2.60 bits per heavy atom. The lowest BCUT2D eigenvalue weighted by atomic mass is 9.85. The molecule has 2 fully saturated rings. The maximum atomic E-state index is 13.3. The van der Waals surface area contributed by atoms with E-state index in [1.165, 1.54) is 0 Å². The number of rotatable bonds is 4. The van der Waals surface area contributed by atoms with Crippen LogP contribution < -0.4 is 10.6 Å². The van der Waals surface area contributed by atoms with Crippen LogP contribution in [0.3, 0.4) is 0 Å². The maximum absolute atomic E-state index is 13.3. The van der Waals surface area contributed by atoms with E-state index in [-0.39, 0.29) is 29.3 Å². The summed E-state index contributed by atoms with van der Waals surface area (Å²) in [6.45, 7) is 7.66. The van der Waals surface area contributed by atoms with Gasteiger partial charge in [0.1, 0.15) is 12.1 Å². The first-order chi connectivity index (χ1) is 11.9. The van der Waals surface area contributed by atoms with Crippen molar-refractivity contribution in [1.82, 2.24) is 15.5 Å². The van der Waals surface area contributed by atoms with E-state index in [1.54, 1.807) is 16.7 Å². The Morgan fingerprint density at radius 2 is 2.00 bits per heavy atom. The third kappa shape index (κ3) is 4.68. The maximum Gasteiger partial charge on any atom is 0.246 e. The van der Waals surface area contributed by atoms with Crippen LogP contribution in [0.1, 0.15) is 52.9 Å². The summed E-state index contributed by atoms with van der Waals surface area (Å²) in [5.74, 6) is 1.08. The van der Waals surface area contributed by atoms with Crippen molar-refractivity contribution in [3.05, 3.63) is 0 Å². The van der Waals surface area contributed by atoms with Crippen LogP contribution in [0.4, 0.5) is 0 Å². The Kier molecular flexibility index (Phi) is 5.61. The number of thioether (sulfide) groups is 1. The third-order valence-electron chi connectivity index (χ3n) is 4.94. The van der Waals surface area contributed by atoms with Gasteiger partial charge in [-0.1, -0.05) is 32.5 Å². The van der Waals surface area contributed by atoms with Crippen LogP contribution in [-0.4, -0.2) is 58.8 Å². The Bertz CT molecular complexity index is 554. The largest absolute Gasteiger partial charge is 0.353 e. The topological polar surface area (TPSA) is 73.8 Å². The van der Waals surface area contributed by atoms with Crippen molar-refractivity contribution in [3.63, 3.8) is 0 Å². The van der Waals surface area contributed by atoms with Gasteiger partial charge in [-0.2, -0.15) is 0 Å². The summed E-state index contributed by atoms with van der Waals surface area (Å²) in [5, 5.41) is 7.29. The minimum absolute atomic E-state index is 0.0189. The minimum atomic E-state index is -0.369. The smallest absolute Gasteiger partial charge is 0.246 e. The summed E-state index contributed by atoms with van der Waals surface area (Å²) >= 11 is 1.68. The van der Waals surface area contributed by atoms with Gasteiger partial charge in [-0.05, 0) is 37.5 Å². The number of nitrogens with one attached hydrogen (secondary N) is 2. The van der Waals surface area contributed by atoms with Gasteiger partial charge in [-0.3, -0.25) is 14.6 Å². The standard InChI is InChI=1S/C18H30N4O2S/c1-18(2,3)14(21-17-19-9-5-11-25-17)16(24)22-10-4-6-13(22)15(23)20-12-7-8-12/h12-14H,4-11H2,1-3H3,(H,19,21)(H,20,23)/t13-,14?/m0/s1. The molecule has 2 N–H and O–H groups in total. The van der Waals surface area contributed by atoms with Crippen molar-refractivity contribution in [2.75, 3.05) is 18.8 Å². The van der Waals surface area contributed by atoms with Crippen molar-refractivity contribution >= 4 is 28.7 Å². The zero-order valence-electron chi connectivity index (χ0n) is 15.5. The second-order valence-corrected chi connectivity index (χ2v) is 9.39. The van der Waals surface area contributed by atoms with Crippen molar-refractivity contribution in [3.8, 4) is 0 Å². The van der Waals surface area contributed by atoms with Crippen LogP contribution in [0.2, 0.25) is 0 Å². The second kappa shape index (κ2) is 7.56. The highest BCUT2D eigenvalue weighted by atomic mass is 32.2. The van der Waals surface area contributed by atoms with Gasteiger partial charge in [0.2, 0.25) is 11.8 Å². The molecule has 1 unspecified atom stereocenters. The highest BCUT2D eigenvalue weighted by molar-refractivity contribution is 8.13. The predicted molar refractivity (Wildman–Crippen MR) is 102 cm³/mol. The average molecular weight is 367 g/mol. The Labute approximate surface area is 154 Å². The van der Waals surface area contributed by atoms with Crippen molar-refractivity contribution in [1.29, 1.82) is 0 Å². The predicted octanol–water partition coefficient (Wildman–Crippen LogP) is 1.75. The number of hydrogen-bond donors (Lipinski definition) is 2. The SMILES string of the molecule is CC(C)(C)C(NC1=NCCCS1)C(=O)N1CCC[C@H]1C(=O)NC1CC1. The highest BCUT2D eigenvalue weighted by Crippen LogP contribution is 2.28. The fraction of sp³-hybridized carbons (Fsp3) is 0.833. The van der Waals surface area contributed by atoms with Crippen LogP contribution in [0.25, 0.3) is 0 Å². The lowest BCUT2D eigenvalue weighted by molar-refractivity contribution is -0.141. The van der Waals surface area contributed by atoms with Gasteiger partial charge in [-0.25, -0.2) is 0 Å². The van der Waals surface area contributed by atoms with E-state index >= 15 is 0 Å². The number of carbonyl (C=O) groups excluding carboxylic acids is 2. The molecule has 0 aromatic carbocycles. The summed E-state index contributed by atoms with van der Waals surface area (Å²) in [6.07, 6.45) is 4.86. The molecule has 6 nitrogen and oxygen atoms in total. The van der Waals surface area contributed by atoms with Crippen molar-refractivity contribution < 1.29 is 9.59 Å². The fourth-order valence-electron chi connectivity index (χ4n) is 3.31. The van der Waals surface area contributed by atoms with E-state index in [4.69, 9.17) is 0 Å². The minimum Gasteiger partial charge on any atom is -0.353 e. The molecule has 1 aliphatic carbocycles. The molecule has 0 radical (unpaired) electrons. The monoisotopic (exact) mass is 366 g/mol. The van der Waals surface area contributed by atoms with E-state index in [1.807, 2.05) is 0 Å². The quantitative estimate of drug-likeness (QED) is 0.795. The van der Waals surface area contributed by atoms with Gasteiger partial charge < -0.3 is 15.5 Å². The zero-order valence-corrected chi connectivity index (χ0v) is 16.3. The van der Waals surface area contributed by atoms with Crippen molar-refractivity contribution in [2.24, 2.45) is 10.4 Å². The molecule has 140 valence electrons. The number of hydrogen-bond acceptors (Lipinski definition) is 5. The Balaban J connectivity index is 1.71. The van der Waals surface area contributed by atoms with Crippen LogP contribution in [0, 0.1) is 5.41 Å². The van der Waals surface area contributed by atoms with Gasteiger partial charge in [0, 0.05) is 24.9 Å². The molecule has 0 bridgehead atoms. The second-order valence-electron chi connectivity index (χ2n) is 8.30. The molecular formula is C18H30N4O2S. The third-order valence-corrected chi connectivity index (χ3v) is 5.95. The normalized spacial score (nSPS) is 25.3. The molecule has 0 aromatic rings. The lowest BCUT2D eigenvalue weighted by Crippen LogP contribution is -2.57. The molecule has 25 heavy (non-hydrogen) atoms. The Morgan fingerprint density at radius 1 is 1.24 bits per heavy atom. The van der Waals surface area contributed by atoms with E-state index in [0.717, 1.165) is 49.6 Å². The van der Waals surface area contributed by atoms with Crippen molar-refractivity contribution in [2.45, 2.75) is 71.0 Å². The number of likely N-dealkylation sites (tertiary alicyclic amines) is 1. The molecule has 0 aromatic heterocycles. The molecule has 1 saturated carbocycles.